The zero-order valence-electron chi connectivity index (χ0n) is 14.0. The SMILES string of the molecule is CCCCCNC(=O)c1cc(-c2ccco2)nn1-c1ccc(Cl)cc1. The van der Waals surface area contributed by atoms with Crippen LogP contribution < -0.4 is 5.32 Å². The van der Waals surface area contributed by atoms with Gasteiger partial charge in [-0.2, -0.15) is 5.10 Å². The molecule has 0 bridgehead atoms. The highest BCUT2D eigenvalue weighted by molar-refractivity contribution is 6.30. The Morgan fingerprint density at radius 2 is 2.04 bits per heavy atom. The predicted octanol–water partition coefficient (Wildman–Crippen LogP) is 4.71. The van der Waals surface area contributed by atoms with E-state index in [4.69, 9.17) is 16.0 Å². The highest BCUT2D eigenvalue weighted by Gasteiger charge is 2.18. The Kier molecular flexibility index (Phi) is 5.56. The normalized spacial score (nSPS) is 10.8. The van der Waals surface area contributed by atoms with Crippen LogP contribution in [-0.2, 0) is 0 Å². The molecular weight excluding hydrogens is 338 g/mol. The molecule has 0 aliphatic heterocycles. The van der Waals surface area contributed by atoms with Gasteiger partial charge in [-0.1, -0.05) is 31.4 Å². The van der Waals surface area contributed by atoms with Crippen LogP contribution in [0.15, 0.2) is 53.1 Å². The highest BCUT2D eigenvalue weighted by Crippen LogP contribution is 2.23. The number of furan rings is 1. The van der Waals surface area contributed by atoms with Gasteiger partial charge in [0.05, 0.1) is 12.0 Å². The van der Waals surface area contributed by atoms with E-state index < -0.39 is 0 Å². The third kappa shape index (κ3) is 4.12. The van der Waals surface area contributed by atoms with Crippen LogP contribution in [0.3, 0.4) is 0 Å². The molecule has 0 saturated heterocycles. The zero-order chi connectivity index (χ0) is 17.6. The maximum atomic E-state index is 12.6. The van der Waals surface area contributed by atoms with Crippen molar-refractivity contribution in [2.75, 3.05) is 6.54 Å². The summed E-state index contributed by atoms with van der Waals surface area (Å²) in [5.41, 5.74) is 1.84. The minimum atomic E-state index is -0.156. The van der Waals surface area contributed by atoms with Gasteiger partial charge in [0.1, 0.15) is 11.4 Å². The summed E-state index contributed by atoms with van der Waals surface area (Å²) in [6.07, 6.45) is 4.75. The lowest BCUT2D eigenvalue weighted by atomic mass is 10.2. The Labute approximate surface area is 151 Å². The van der Waals surface area contributed by atoms with E-state index in [1.807, 2.05) is 18.2 Å². The van der Waals surface area contributed by atoms with Crippen molar-refractivity contribution in [1.82, 2.24) is 15.1 Å². The van der Waals surface area contributed by atoms with Crippen LogP contribution in [0, 0.1) is 0 Å². The van der Waals surface area contributed by atoms with Crippen LogP contribution in [0.5, 0.6) is 0 Å². The highest BCUT2D eigenvalue weighted by atomic mass is 35.5. The Bertz CT molecular complexity index is 823. The van der Waals surface area contributed by atoms with E-state index in [2.05, 4.69) is 17.3 Å². The summed E-state index contributed by atoms with van der Waals surface area (Å²) in [6, 6.07) is 12.5. The predicted molar refractivity (Wildman–Crippen MR) is 98.1 cm³/mol. The smallest absolute Gasteiger partial charge is 0.270 e. The lowest BCUT2D eigenvalue weighted by Gasteiger charge is -2.08. The number of amides is 1. The third-order valence-corrected chi connectivity index (χ3v) is 4.10. The standard InChI is InChI=1S/C19H20ClN3O2/c1-2-3-4-11-21-19(24)17-13-16(18-6-5-12-25-18)22-23(17)15-9-7-14(20)8-10-15/h5-10,12-13H,2-4,11H2,1H3,(H,21,24). The maximum Gasteiger partial charge on any atom is 0.270 e. The molecule has 0 radical (unpaired) electrons. The molecule has 0 aliphatic rings. The van der Waals surface area contributed by atoms with Gasteiger partial charge >= 0.3 is 0 Å². The Morgan fingerprint density at radius 1 is 1.24 bits per heavy atom. The first-order valence-electron chi connectivity index (χ1n) is 8.37. The molecule has 1 aromatic carbocycles. The first-order chi connectivity index (χ1) is 12.2. The van der Waals surface area contributed by atoms with Crippen molar-refractivity contribution in [2.45, 2.75) is 26.2 Å². The van der Waals surface area contributed by atoms with Crippen molar-refractivity contribution in [1.29, 1.82) is 0 Å². The Balaban J connectivity index is 1.91. The number of hydrogen-bond donors (Lipinski definition) is 1. The number of carbonyl (C=O) groups is 1. The zero-order valence-corrected chi connectivity index (χ0v) is 14.8. The van der Waals surface area contributed by atoms with Crippen molar-refractivity contribution in [2.24, 2.45) is 0 Å². The summed E-state index contributed by atoms with van der Waals surface area (Å²) in [4.78, 5) is 12.6. The van der Waals surface area contributed by atoms with Crippen LogP contribution in [0.4, 0.5) is 0 Å². The molecule has 1 N–H and O–H groups in total. The van der Waals surface area contributed by atoms with Crippen molar-refractivity contribution in [3.8, 4) is 17.1 Å². The summed E-state index contributed by atoms with van der Waals surface area (Å²) in [7, 11) is 0. The van der Waals surface area contributed by atoms with E-state index in [9.17, 15) is 4.79 Å². The second-order valence-electron chi connectivity index (χ2n) is 5.74. The van der Waals surface area contributed by atoms with Crippen LogP contribution >= 0.6 is 11.6 Å². The summed E-state index contributed by atoms with van der Waals surface area (Å²) in [6.45, 7) is 2.78. The molecule has 2 aromatic heterocycles. The van der Waals surface area contributed by atoms with E-state index in [-0.39, 0.29) is 5.91 Å². The van der Waals surface area contributed by atoms with E-state index in [0.29, 0.717) is 28.7 Å². The molecule has 0 fully saturated rings. The van der Waals surface area contributed by atoms with Crippen molar-refractivity contribution < 1.29 is 9.21 Å². The molecule has 1 amide bonds. The van der Waals surface area contributed by atoms with Gasteiger partial charge < -0.3 is 9.73 Å². The molecule has 0 aliphatic carbocycles. The van der Waals surface area contributed by atoms with E-state index in [0.717, 1.165) is 24.9 Å². The molecule has 3 rings (SSSR count). The first-order valence-corrected chi connectivity index (χ1v) is 8.75. The van der Waals surface area contributed by atoms with Crippen LogP contribution in [0.2, 0.25) is 5.02 Å². The van der Waals surface area contributed by atoms with E-state index >= 15 is 0 Å². The molecular formula is C19H20ClN3O2. The largest absolute Gasteiger partial charge is 0.463 e. The van der Waals surface area contributed by atoms with Crippen LogP contribution in [0.25, 0.3) is 17.1 Å². The van der Waals surface area contributed by atoms with E-state index in [1.54, 1.807) is 35.2 Å². The maximum absolute atomic E-state index is 12.6. The number of benzene rings is 1. The van der Waals surface area contributed by atoms with Crippen molar-refractivity contribution in [3.05, 3.63) is 59.4 Å². The lowest BCUT2D eigenvalue weighted by Crippen LogP contribution is -2.26. The van der Waals surface area contributed by atoms with Gasteiger partial charge in [-0.15, -0.1) is 0 Å². The monoisotopic (exact) mass is 357 g/mol. The number of hydrogen-bond acceptors (Lipinski definition) is 3. The average Bonchev–Trinajstić information content (AvgIpc) is 3.28. The molecule has 2 heterocycles. The number of unbranched alkanes of at least 4 members (excludes halogenated alkanes) is 2. The number of nitrogens with zero attached hydrogens (tertiary/aromatic N) is 2. The fourth-order valence-corrected chi connectivity index (χ4v) is 2.66. The molecule has 130 valence electrons. The number of rotatable bonds is 7. The Morgan fingerprint density at radius 3 is 2.72 bits per heavy atom. The molecule has 0 saturated carbocycles. The second kappa shape index (κ2) is 8.03. The molecule has 25 heavy (non-hydrogen) atoms. The van der Waals surface area contributed by atoms with Gasteiger partial charge in [-0.05, 0) is 42.8 Å². The summed E-state index contributed by atoms with van der Waals surface area (Å²) < 4.78 is 7.02. The number of carbonyl (C=O) groups excluding carboxylic acids is 1. The minimum Gasteiger partial charge on any atom is -0.463 e. The summed E-state index contributed by atoms with van der Waals surface area (Å²) in [5, 5.41) is 8.13. The quantitative estimate of drug-likeness (QED) is 0.623. The third-order valence-electron chi connectivity index (χ3n) is 3.85. The average molecular weight is 358 g/mol. The van der Waals surface area contributed by atoms with Gasteiger partial charge in [0.2, 0.25) is 0 Å². The minimum absolute atomic E-state index is 0.156. The number of aromatic nitrogens is 2. The summed E-state index contributed by atoms with van der Waals surface area (Å²) >= 11 is 5.96. The van der Waals surface area contributed by atoms with Crippen molar-refractivity contribution in [3.63, 3.8) is 0 Å². The van der Waals surface area contributed by atoms with Gasteiger partial charge in [0, 0.05) is 17.6 Å². The van der Waals surface area contributed by atoms with Gasteiger partial charge in [0.15, 0.2) is 5.76 Å². The topological polar surface area (TPSA) is 60.1 Å². The number of nitrogens with one attached hydrogen (secondary N) is 1. The summed E-state index contributed by atoms with van der Waals surface area (Å²) in [5.74, 6) is 0.462. The fraction of sp³-hybridized carbons (Fsp3) is 0.263. The second-order valence-corrected chi connectivity index (χ2v) is 6.18. The molecule has 6 heteroatoms. The van der Waals surface area contributed by atoms with Crippen LogP contribution in [-0.4, -0.2) is 22.2 Å². The fourth-order valence-electron chi connectivity index (χ4n) is 2.53. The van der Waals surface area contributed by atoms with Crippen molar-refractivity contribution >= 4 is 17.5 Å². The van der Waals surface area contributed by atoms with Gasteiger partial charge in [0.25, 0.3) is 5.91 Å². The molecule has 3 aromatic rings. The van der Waals surface area contributed by atoms with Gasteiger partial charge in [-0.25, -0.2) is 4.68 Å². The molecule has 5 nitrogen and oxygen atoms in total. The number of halogens is 1. The van der Waals surface area contributed by atoms with Crippen LogP contribution in [0.1, 0.15) is 36.7 Å². The molecule has 0 atom stereocenters. The molecule has 0 unspecified atom stereocenters. The van der Waals surface area contributed by atoms with Gasteiger partial charge in [-0.3, -0.25) is 4.79 Å². The lowest BCUT2D eigenvalue weighted by molar-refractivity contribution is 0.0945. The first kappa shape index (κ1) is 17.3. The Hall–Kier alpha value is -2.53. The van der Waals surface area contributed by atoms with E-state index in [1.165, 1.54) is 0 Å². The molecule has 0 spiro atoms.